The van der Waals surface area contributed by atoms with E-state index in [1.165, 1.54) is 5.56 Å². The number of nitrogens with one attached hydrogen (secondary N) is 1. The molecule has 1 amide bonds. The first-order valence-electron chi connectivity index (χ1n) is 8.92. The molecule has 2 aromatic rings. The smallest absolute Gasteiger partial charge is 0.409 e. The first kappa shape index (κ1) is 17.9. The van der Waals surface area contributed by atoms with Crippen molar-refractivity contribution in [3.63, 3.8) is 0 Å². The van der Waals surface area contributed by atoms with Gasteiger partial charge in [0, 0.05) is 31.9 Å². The number of aryl methyl sites for hydroxylation is 1. The second-order valence-electron chi connectivity index (χ2n) is 5.95. The largest absolute Gasteiger partial charge is 0.450 e. The quantitative estimate of drug-likeness (QED) is 0.881. The highest BCUT2D eigenvalue weighted by Gasteiger charge is 2.23. The van der Waals surface area contributed by atoms with Crippen molar-refractivity contribution < 1.29 is 9.53 Å². The topological polar surface area (TPSA) is 83.5 Å². The summed E-state index contributed by atoms with van der Waals surface area (Å²) in [6, 6.07) is 8.08. The van der Waals surface area contributed by atoms with E-state index in [0.29, 0.717) is 38.7 Å². The summed E-state index contributed by atoms with van der Waals surface area (Å²) in [4.78, 5) is 20.2. The average molecular weight is 356 g/mol. The Bertz CT molecular complexity index is 746. The number of amides is 1. The van der Waals surface area contributed by atoms with Gasteiger partial charge in [-0.1, -0.05) is 25.1 Å². The van der Waals surface area contributed by atoms with Crippen LogP contribution in [0.2, 0.25) is 0 Å². The van der Waals surface area contributed by atoms with Gasteiger partial charge in [0.15, 0.2) is 5.82 Å². The van der Waals surface area contributed by atoms with E-state index in [0.717, 1.165) is 17.9 Å². The van der Waals surface area contributed by atoms with E-state index >= 15 is 0 Å². The zero-order chi connectivity index (χ0) is 18.4. The number of hydrogen-bond acceptors (Lipinski definition) is 7. The monoisotopic (exact) mass is 356 g/mol. The lowest BCUT2D eigenvalue weighted by atomic mass is 10.1. The molecule has 0 spiro atoms. The first-order chi connectivity index (χ1) is 12.7. The lowest BCUT2D eigenvalue weighted by Gasteiger charge is -2.34. The molecule has 1 fully saturated rings. The number of ether oxygens (including phenoxy) is 1. The molecule has 1 aromatic heterocycles. The Morgan fingerprint density at radius 3 is 2.69 bits per heavy atom. The summed E-state index contributed by atoms with van der Waals surface area (Å²) in [7, 11) is 0. The van der Waals surface area contributed by atoms with Gasteiger partial charge >= 0.3 is 6.09 Å². The first-order valence-corrected chi connectivity index (χ1v) is 8.92. The molecule has 0 bridgehead atoms. The fraction of sp³-hybridized carbons (Fsp3) is 0.444. The van der Waals surface area contributed by atoms with Crippen LogP contribution in [0.15, 0.2) is 30.5 Å². The van der Waals surface area contributed by atoms with Crippen LogP contribution < -0.4 is 10.2 Å². The van der Waals surface area contributed by atoms with E-state index in [4.69, 9.17) is 4.74 Å². The Hall–Kier alpha value is -2.90. The molecule has 1 saturated heterocycles. The van der Waals surface area contributed by atoms with Gasteiger partial charge in [0.25, 0.3) is 0 Å². The van der Waals surface area contributed by atoms with Crippen LogP contribution in [-0.2, 0) is 11.2 Å². The Kier molecular flexibility index (Phi) is 5.83. The van der Waals surface area contributed by atoms with Gasteiger partial charge < -0.3 is 19.9 Å². The van der Waals surface area contributed by atoms with Gasteiger partial charge in [0.1, 0.15) is 0 Å². The number of para-hydroxylation sites is 1. The minimum absolute atomic E-state index is 0.258. The van der Waals surface area contributed by atoms with Crippen LogP contribution in [0.4, 0.5) is 22.2 Å². The van der Waals surface area contributed by atoms with Crippen molar-refractivity contribution in [2.75, 3.05) is 43.0 Å². The van der Waals surface area contributed by atoms with E-state index < -0.39 is 0 Å². The number of carbonyl (C=O) groups excluding carboxylic acids is 1. The maximum Gasteiger partial charge on any atom is 0.409 e. The third kappa shape index (κ3) is 4.19. The second kappa shape index (κ2) is 8.46. The molecule has 0 aliphatic carbocycles. The van der Waals surface area contributed by atoms with Crippen molar-refractivity contribution in [1.82, 2.24) is 20.1 Å². The number of nitrogens with zero attached hydrogens (tertiary/aromatic N) is 5. The number of piperazine rings is 1. The zero-order valence-corrected chi connectivity index (χ0v) is 15.2. The van der Waals surface area contributed by atoms with Gasteiger partial charge in [-0.2, -0.15) is 10.1 Å². The molecular formula is C18H24N6O2. The predicted molar refractivity (Wildman–Crippen MR) is 99.7 cm³/mol. The standard InChI is InChI=1S/C18H24N6O2/c1-3-14-7-5-6-8-15(14)20-17-21-16(13-19-22-17)23-9-11-24(12-10-23)18(25)26-4-2/h5-8,13H,3-4,9-12H2,1-2H3,(H,20,21,22). The van der Waals surface area contributed by atoms with Crippen LogP contribution in [0.3, 0.4) is 0 Å². The number of benzene rings is 1. The van der Waals surface area contributed by atoms with E-state index in [1.807, 2.05) is 25.1 Å². The number of carbonyl (C=O) groups is 1. The van der Waals surface area contributed by atoms with Gasteiger partial charge in [-0.3, -0.25) is 0 Å². The minimum atomic E-state index is -0.258. The molecule has 1 aliphatic rings. The summed E-state index contributed by atoms with van der Waals surface area (Å²) in [5.41, 5.74) is 2.19. The Morgan fingerprint density at radius 1 is 1.19 bits per heavy atom. The number of hydrogen-bond donors (Lipinski definition) is 1. The molecule has 2 heterocycles. The molecular weight excluding hydrogens is 332 g/mol. The van der Waals surface area contributed by atoms with Crippen molar-refractivity contribution in [2.45, 2.75) is 20.3 Å². The maximum absolute atomic E-state index is 11.8. The van der Waals surface area contributed by atoms with Gasteiger partial charge in [-0.15, -0.1) is 5.10 Å². The van der Waals surface area contributed by atoms with Crippen molar-refractivity contribution in [3.05, 3.63) is 36.0 Å². The van der Waals surface area contributed by atoms with Crippen LogP contribution in [0.25, 0.3) is 0 Å². The van der Waals surface area contributed by atoms with E-state index in [2.05, 4.69) is 38.4 Å². The summed E-state index contributed by atoms with van der Waals surface area (Å²) < 4.78 is 5.05. The van der Waals surface area contributed by atoms with Crippen LogP contribution in [0, 0.1) is 0 Å². The number of aromatic nitrogens is 3. The molecule has 1 N–H and O–H groups in total. The molecule has 1 aromatic carbocycles. The molecule has 0 radical (unpaired) electrons. The summed E-state index contributed by atoms with van der Waals surface area (Å²) in [6.07, 6.45) is 2.31. The van der Waals surface area contributed by atoms with Gasteiger partial charge in [-0.25, -0.2) is 4.79 Å². The van der Waals surface area contributed by atoms with Crippen LogP contribution in [-0.4, -0.2) is 59.0 Å². The van der Waals surface area contributed by atoms with E-state index in [-0.39, 0.29) is 6.09 Å². The molecule has 26 heavy (non-hydrogen) atoms. The average Bonchev–Trinajstić information content (AvgIpc) is 2.69. The molecule has 0 atom stereocenters. The highest BCUT2D eigenvalue weighted by atomic mass is 16.6. The normalized spacial score (nSPS) is 14.2. The number of anilines is 3. The Morgan fingerprint density at radius 2 is 1.96 bits per heavy atom. The van der Waals surface area contributed by atoms with Crippen molar-refractivity contribution in [2.24, 2.45) is 0 Å². The van der Waals surface area contributed by atoms with Gasteiger partial charge in [0.2, 0.25) is 5.95 Å². The molecule has 0 unspecified atom stereocenters. The van der Waals surface area contributed by atoms with Crippen LogP contribution in [0.1, 0.15) is 19.4 Å². The van der Waals surface area contributed by atoms with Crippen LogP contribution in [0.5, 0.6) is 0 Å². The summed E-state index contributed by atoms with van der Waals surface area (Å²) in [5.74, 6) is 1.22. The number of rotatable bonds is 5. The maximum atomic E-state index is 11.8. The molecule has 8 nitrogen and oxygen atoms in total. The lowest BCUT2D eigenvalue weighted by molar-refractivity contribution is 0.105. The second-order valence-corrected chi connectivity index (χ2v) is 5.95. The molecule has 8 heteroatoms. The SMILES string of the molecule is CCOC(=O)N1CCN(c2cnnc(Nc3ccccc3CC)n2)CC1. The summed E-state index contributed by atoms with van der Waals surface area (Å²) in [6.45, 7) is 6.88. The van der Waals surface area contributed by atoms with Crippen molar-refractivity contribution in [1.29, 1.82) is 0 Å². The molecule has 3 rings (SSSR count). The lowest BCUT2D eigenvalue weighted by Crippen LogP contribution is -2.49. The van der Waals surface area contributed by atoms with Crippen LogP contribution >= 0.6 is 0 Å². The van der Waals surface area contributed by atoms with E-state index in [9.17, 15) is 4.79 Å². The third-order valence-electron chi connectivity index (χ3n) is 4.32. The minimum Gasteiger partial charge on any atom is -0.450 e. The fourth-order valence-corrected chi connectivity index (χ4v) is 2.90. The highest BCUT2D eigenvalue weighted by Crippen LogP contribution is 2.20. The van der Waals surface area contributed by atoms with Crippen molar-refractivity contribution in [3.8, 4) is 0 Å². The van der Waals surface area contributed by atoms with E-state index in [1.54, 1.807) is 11.1 Å². The Balaban J connectivity index is 1.66. The molecule has 138 valence electrons. The Labute approximate surface area is 153 Å². The highest BCUT2D eigenvalue weighted by molar-refractivity contribution is 5.68. The van der Waals surface area contributed by atoms with Gasteiger partial charge in [-0.05, 0) is 25.0 Å². The van der Waals surface area contributed by atoms with Gasteiger partial charge in [0.05, 0.1) is 12.8 Å². The summed E-state index contributed by atoms with van der Waals surface area (Å²) in [5, 5.41) is 11.4. The molecule has 0 saturated carbocycles. The predicted octanol–water partition coefficient (Wildman–Crippen LogP) is 2.46. The fourth-order valence-electron chi connectivity index (χ4n) is 2.90. The van der Waals surface area contributed by atoms with Crippen molar-refractivity contribution >= 4 is 23.5 Å². The summed E-state index contributed by atoms with van der Waals surface area (Å²) >= 11 is 0. The third-order valence-corrected chi connectivity index (χ3v) is 4.32. The molecule has 1 aliphatic heterocycles. The zero-order valence-electron chi connectivity index (χ0n) is 15.2.